The van der Waals surface area contributed by atoms with Crippen molar-refractivity contribution in [1.82, 2.24) is 0 Å². The van der Waals surface area contributed by atoms with Crippen LogP contribution in [-0.2, 0) is 20.7 Å². The van der Waals surface area contributed by atoms with Crippen molar-refractivity contribution in [3.05, 3.63) is 35.4 Å². The Balaban J connectivity index is 0.00000484. The van der Waals surface area contributed by atoms with E-state index in [2.05, 4.69) is 19.6 Å². The smallest absolute Gasteiger partial charge is 0.366 e. The van der Waals surface area contributed by atoms with Gasteiger partial charge in [-0.25, -0.2) is 4.79 Å². The highest BCUT2D eigenvalue weighted by molar-refractivity contribution is 5.79. The molecule has 0 spiro atoms. The predicted molar refractivity (Wildman–Crippen MR) is 83.3 cm³/mol. The first kappa shape index (κ1) is 21.4. The molecule has 3 atom stereocenters. The number of ether oxygens (including phenoxy) is 1. The third kappa shape index (κ3) is 6.59. The molecule has 0 heterocycles. The Hall–Kier alpha value is -1.59. The monoisotopic (exact) mass is 343 g/mol. The lowest BCUT2D eigenvalue weighted by Gasteiger charge is -2.18. The number of carbonyl (C=O) groups excluding carboxylic acids is 1. The molecular formula is C17H26ClNO4. The zero-order valence-electron chi connectivity index (χ0n) is 14.1. The lowest BCUT2D eigenvalue weighted by atomic mass is 9.97. The molecule has 0 saturated heterocycles. The zero-order valence-corrected chi connectivity index (χ0v) is 14.8. The fourth-order valence-electron chi connectivity index (χ4n) is 2.12. The Morgan fingerprint density at radius 2 is 1.65 bits per heavy atom. The number of halogens is 1. The van der Waals surface area contributed by atoms with Crippen molar-refractivity contribution in [3.8, 4) is 0 Å². The van der Waals surface area contributed by atoms with Crippen LogP contribution in [0.25, 0.3) is 0 Å². The standard InChI is InChI=1S/C17H25NO4.ClH/c1-10(2)9-13-5-7-14(8-6-13)11(3)17(21)22-12(4)15(18)16(19)20;/h5-8,10-12,15H,9,18H2,1-4H3,(H,19,20);1H/t11-,12+,15-;/m0./s1. The van der Waals surface area contributed by atoms with Gasteiger partial charge in [0.05, 0.1) is 5.92 Å². The van der Waals surface area contributed by atoms with Gasteiger partial charge < -0.3 is 28.0 Å². The summed E-state index contributed by atoms with van der Waals surface area (Å²) in [5, 5.41) is 8.87. The normalized spacial score (nSPS) is 14.5. The van der Waals surface area contributed by atoms with Gasteiger partial charge in [-0.05, 0) is 37.3 Å². The minimum absolute atomic E-state index is 0. The third-order valence-electron chi connectivity index (χ3n) is 3.66. The highest BCUT2D eigenvalue weighted by atomic mass is 35.5. The molecule has 130 valence electrons. The number of quaternary nitrogens is 1. The Labute approximate surface area is 143 Å². The summed E-state index contributed by atoms with van der Waals surface area (Å²) < 4.78 is 5.20. The fraction of sp³-hybridized carbons (Fsp3) is 0.529. The molecule has 0 aromatic heterocycles. The second-order valence-corrected chi connectivity index (χ2v) is 6.15. The fourth-order valence-corrected chi connectivity index (χ4v) is 2.12. The number of carboxylic acid groups (broad SMARTS) is 1. The molecule has 0 unspecified atom stereocenters. The van der Waals surface area contributed by atoms with E-state index in [1.54, 1.807) is 13.8 Å². The summed E-state index contributed by atoms with van der Waals surface area (Å²) in [5.41, 5.74) is 5.58. The molecule has 0 fully saturated rings. The highest BCUT2D eigenvalue weighted by Gasteiger charge is 2.29. The summed E-state index contributed by atoms with van der Waals surface area (Å²) in [7, 11) is 0. The van der Waals surface area contributed by atoms with Crippen LogP contribution in [0.3, 0.4) is 0 Å². The zero-order chi connectivity index (χ0) is 16.9. The Morgan fingerprint density at radius 3 is 2.09 bits per heavy atom. The number of aliphatic carboxylic acids is 1. The van der Waals surface area contributed by atoms with Crippen molar-refractivity contribution in [2.24, 2.45) is 5.92 Å². The number of rotatable bonds is 7. The third-order valence-corrected chi connectivity index (χ3v) is 3.66. The van der Waals surface area contributed by atoms with Crippen molar-refractivity contribution < 1.29 is 37.6 Å². The van der Waals surface area contributed by atoms with Crippen molar-refractivity contribution in [1.29, 1.82) is 0 Å². The van der Waals surface area contributed by atoms with E-state index >= 15 is 0 Å². The summed E-state index contributed by atoms with van der Waals surface area (Å²) in [6.45, 7) is 7.62. The lowest BCUT2D eigenvalue weighted by Crippen LogP contribution is -3.00. The first-order valence-electron chi connectivity index (χ1n) is 7.57. The molecule has 6 heteroatoms. The minimum Gasteiger partial charge on any atom is -1.00 e. The van der Waals surface area contributed by atoms with E-state index in [-0.39, 0.29) is 12.4 Å². The van der Waals surface area contributed by atoms with Gasteiger partial charge in [-0.3, -0.25) is 4.79 Å². The quantitative estimate of drug-likeness (QED) is 0.597. The van der Waals surface area contributed by atoms with Gasteiger partial charge in [0, 0.05) is 0 Å². The van der Waals surface area contributed by atoms with Crippen molar-refractivity contribution in [2.45, 2.75) is 52.2 Å². The second kappa shape index (κ2) is 9.53. The SMILES string of the molecule is CC(C)Cc1ccc([C@H](C)C(=O)O[C@H](C)[C@H]([NH3+])C(=O)O)cc1.[Cl-]. The second-order valence-electron chi connectivity index (χ2n) is 6.15. The number of esters is 1. The van der Waals surface area contributed by atoms with Gasteiger partial charge in [0.15, 0.2) is 6.10 Å². The molecule has 4 N–H and O–H groups in total. The van der Waals surface area contributed by atoms with E-state index < -0.39 is 30.0 Å². The van der Waals surface area contributed by atoms with Crippen LogP contribution in [0.5, 0.6) is 0 Å². The Morgan fingerprint density at radius 1 is 1.13 bits per heavy atom. The van der Waals surface area contributed by atoms with E-state index in [1.807, 2.05) is 24.3 Å². The van der Waals surface area contributed by atoms with Crippen LogP contribution in [0, 0.1) is 5.92 Å². The largest absolute Gasteiger partial charge is 1.00 e. The Kier molecular flexibility index (Phi) is 8.87. The number of carbonyl (C=O) groups is 2. The topological polar surface area (TPSA) is 91.2 Å². The van der Waals surface area contributed by atoms with Crippen molar-refractivity contribution >= 4 is 11.9 Å². The van der Waals surface area contributed by atoms with Gasteiger partial charge in [-0.1, -0.05) is 38.1 Å². The van der Waals surface area contributed by atoms with Crippen LogP contribution >= 0.6 is 0 Å². The van der Waals surface area contributed by atoms with Crippen LogP contribution in [0.15, 0.2) is 24.3 Å². The minimum atomic E-state index is -1.08. The maximum Gasteiger partial charge on any atom is 0.366 e. The molecule has 1 aromatic carbocycles. The molecular weight excluding hydrogens is 318 g/mol. The average Bonchev–Trinajstić information content (AvgIpc) is 2.45. The van der Waals surface area contributed by atoms with Gasteiger partial charge >= 0.3 is 11.9 Å². The van der Waals surface area contributed by atoms with E-state index in [1.165, 1.54) is 5.56 Å². The summed E-state index contributed by atoms with van der Waals surface area (Å²) in [6.07, 6.45) is 0.241. The van der Waals surface area contributed by atoms with Crippen LogP contribution in [0.4, 0.5) is 0 Å². The maximum absolute atomic E-state index is 12.1. The molecule has 1 rings (SSSR count). The lowest BCUT2D eigenvalue weighted by molar-refractivity contribution is -0.423. The van der Waals surface area contributed by atoms with Crippen molar-refractivity contribution in [3.63, 3.8) is 0 Å². The van der Waals surface area contributed by atoms with Gasteiger partial charge in [0.25, 0.3) is 0 Å². The van der Waals surface area contributed by atoms with Crippen LogP contribution in [-0.4, -0.2) is 29.2 Å². The molecule has 0 aliphatic rings. The molecule has 0 saturated carbocycles. The van der Waals surface area contributed by atoms with E-state index in [9.17, 15) is 9.59 Å². The summed E-state index contributed by atoms with van der Waals surface area (Å²) in [6, 6.07) is 6.92. The summed E-state index contributed by atoms with van der Waals surface area (Å²) in [4.78, 5) is 22.9. The highest BCUT2D eigenvalue weighted by Crippen LogP contribution is 2.19. The number of hydrogen-bond acceptors (Lipinski definition) is 3. The van der Waals surface area contributed by atoms with E-state index in [4.69, 9.17) is 9.84 Å². The molecule has 23 heavy (non-hydrogen) atoms. The predicted octanol–water partition coefficient (Wildman–Crippen LogP) is -1.38. The first-order valence-corrected chi connectivity index (χ1v) is 7.57. The molecule has 5 nitrogen and oxygen atoms in total. The molecule has 0 aliphatic heterocycles. The van der Waals surface area contributed by atoms with Crippen LogP contribution in [0.1, 0.15) is 44.7 Å². The average molecular weight is 344 g/mol. The Bertz CT molecular complexity index is 516. The number of benzene rings is 1. The molecule has 0 radical (unpaired) electrons. The van der Waals surface area contributed by atoms with Crippen LogP contribution in [0.2, 0.25) is 0 Å². The van der Waals surface area contributed by atoms with Crippen LogP contribution < -0.4 is 18.1 Å². The number of hydrogen-bond donors (Lipinski definition) is 2. The van der Waals surface area contributed by atoms with Gasteiger partial charge in [-0.2, -0.15) is 0 Å². The maximum atomic E-state index is 12.1. The van der Waals surface area contributed by atoms with E-state index in [0.29, 0.717) is 5.92 Å². The molecule has 0 bridgehead atoms. The molecule has 0 amide bonds. The molecule has 1 aromatic rings. The number of carboxylic acids is 1. The summed E-state index contributed by atoms with van der Waals surface area (Å²) >= 11 is 0. The van der Waals surface area contributed by atoms with Crippen molar-refractivity contribution in [2.75, 3.05) is 0 Å². The first-order chi connectivity index (χ1) is 10.2. The van der Waals surface area contributed by atoms with E-state index in [0.717, 1.165) is 12.0 Å². The summed E-state index contributed by atoms with van der Waals surface area (Å²) in [5.74, 6) is -1.36. The van der Waals surface area contributed by atoms with Gasteiger partial charge in [0.2, 0.25) is 6.04 Å². The van der Waals surface area contributed by atoms with Gasteiger partial charge in [0.1, 0.15) is 0 Å². The molecule has 0 aliphatic carbocycles. The van der Waals surface area contributed by atoms with Gasteiger partial charge in [-0.15, -0.1) is 0 Å².